The number of carbonyl (C=O) groups is 1. The Hall–Kier alpha value is -2.27. The molecular formula is C17H19FN2O2. The van der Waals surface area contributed by atoms with Crippen LogP contribution in [-0.2, 0) is 11.2 Å². The van der Waals surface area contributed by atoms with Gasteiger partial charge in [-0.2, -0.15) is 0 Å². The molecule has 0 bridgehead atoms. The number of aliphatic hydroxyl groups is 1. The molecule has 1 aromatic heterocycles. The fourth-order valence-electron chi connectivity index (χ4n) is 2.08. The highest BCUT2D eigenvalue weighted by Crippen LogP contribution is 2.12. The summed E-state index contributed by atoms with van der Waals surface area (Å²) in [4.78, 5) is 15.9. The molecule has 4 nitrogen and oxygen atoms in total. The van der Waals surface area contributed by atoms with Crippen molar-refractivity contribution in [3.8, 4) is 0 Å². The van der Waals surface area contributed by atoms with E-state index in [-0.39, 0.29) is 18.3 Å². The lowest BCUT2D eigenvalue weighted by atomic mass is 10.1. The van der Waals surface area contributed by atoms with E-state index >= 15 is 0 Å². The van der Waals surface area contributed by atoms with Crippen LogP contribution in [0.5, 0.6) is 0 Å². The van der Waals surface area contributed by atoms with Gasteiger partial charge < -0.3 is 10.4 Å². The van der Waals surface area contributed by atoms with Crippen molar-refractivity contribution in [3.63, 3.8) is 0 Å². The first-order valence-electron chi connectivity index (χ1n) is 7.25. The van der Waals surface area contributed by atoms with Crippen LogP contribution in [0.4, 0.5) is 4.39 Å². The second kappa shape index (κ2) is 8.24. The molecule has 2 rings (SSSR count). The van der Waals surface area contributed by atoms with E-state index in [1.54, 1.807) is 6.20 Å². The Kier molecular flexibility index (Phi) is 6.03. The number of aryl methyl sites for hydroxylation is 1. The Labute approximate surface area is 129 Å². The zero-order valence-electron chi connectivity index (χ0n) is 12.2. The van der Waals surface area contributed by atoms with Gasteiger partial charge in [0.1, 0.15) is 5.82 Å². The third-order valence-corrected chi connectivity index (χ3v) is 3.31. The van der Waals surface area contributed by atoms with Crippen molar-refractivity contribution in [3.05, 3.63) is 65.7 Å². The average molecular weight is 302 g/mol. The topological polar surface area (TPSA) is 62.2 Å². The van der Waals surface area contributed by atoms with Gasteiger partial charge in [-0.25, -0.2) is 4.39 Å². The van der Waals surface area contributed by atoms with Crippen LogP contribution in [0.2, 0.25) is 0 Å². The summed E-state index contributed by atoms with van der Waals surface area (Å²) in [7, 11) is 0. The average Bonchev–Trinajstić information content (AvgIpc) is 2.54. The van der Waals surface area contributed by atoms with Crippen LogP contribution in [0.15, 0.2) is 48.7 Å². The van der Waals surface area contributed by atoms with Crippen LogP contribution in [0.25, 0.3) is 0 Å². The molecule has 2 aromatic rings. The maximum atomic E-state index is 12.8. The Morgan fingerprint density at radius 3 is 2.68 bits per heavy atom. The number of nitrogens with zero attached hydrogens (tertiary/aromatic N) is 1. The molecule has 0 spiro atoms. The van der Waals surface area contributed by atoms with E-state index in [1.807, 2.05) is 18.2 Å². The van der Waals surface area contributed by atoms with Gasteiger partial charge in [-0.05, 0) is 42.7 Å². The van der Waals surface area contributed by atoms with Gasteiger partial charge >= 0.3 is 0 Å². The van der Waals surface area contributed by atoms with Crippen LogP contribution in [-0.4, -0.2) is 22.5 Å². The maximum Gasteiger partial charge on any atom is 0.220 e. The number of amides is 1. The molecule has 5 heteroatoms. The minimum atomic E-state index is -0.833. The van der Waals surface area contributed by atoms with Gasteiger partial charge in [-0.1, -0.05) is 18.2 Å². The van der Waals surface area contributed by atoms with Crippen LogP contribution >= 0.6 is 0 Å². The van der Waals surface area contributed by atoms with Gasteiger partial charge in [-0.3, -0.25) is 9.78 Å². The van der Waals surface area contributed by atoms with Gasteiger partial charge in [-0.15, -0.1) is 0 Å². The van der Waals surface area contributed by atoms with Crippen molar-refractivity contribution < 1.29 is 14.3 Å². The minimum absolute atomic E-state index is 0.114. The molecule has 1 atom stereocenters. The maximum absolute atomic E-state index is 12.8. The molecule has 0 radical (unpaired) electrons. The summed E-state index contributed by atoms with van der Waals surface area (Å²) >= 11 is 0. The molecule has 0 aliphatic carbocycles. The SMILES string of the molecule is O=C(CCCc1ccccn1)NCC(O)c1ccc(F)cc1. The molecular weight excluding hydrogens is 283 g/mol. The van der Waals surface area contributed by atoms with Gasteiger partial charge in [0.25, 0.3) is 0 Å². The van der Waals surface area contributed by atoms with Gasteiger partial charge in [0.15, 0.2) is 0 Å². The Bertz CT molecular complexity index is 587. The molecule has 1 aromatic carbocycles. The number of hydrogen-bond acceptors (Lipinski definition) is 3. The van der Waals surface area contributed by atoms with Crippen LogP contribution < -0.4 is 5.32 Å². The monoisotopic (exact) mass is 302 g/mol. The first-order valence-corrected chi connectivity index (χ1v) is 7.25. The van der Waals surface area contributed by atoms with Crippen molar-refractivity contribution in [2.75, 3.05) is 6.54 Å². The molecule has 0 aliphatic rings. The summed E-state index contributed by atoms with van der Waals surface area (Å²) in [6.07, 6.45) is 2.73. The quantitative estimate of drug-likeness (QED) is 0.825. The number of carbonyl (C=O) groups excluding carboxylic acids is 1. The van der Waals surface area contributed by atoms with E-state index in [2.05, 4.69) is 10.3 Å². The number of nitrogens with one attached hydrogen (secondary N) is 1. The summed E-state index contributed by atoms with van der Waals surface area (Å²) < 4.78 is 12.8. The smallest absolute Gasteiger partial charge is 0.220 e. The van der Waals surface area contributed by atoms with E-state index in [9.17, 15) is 14.3 Å². The Balaban J connectivity index is 1.68. The molecule has 22 heavy (non-hydrogen) atoms. The summed E-state index contributed by atoms with van der Waals surface area (Å²) in [6.45, 7) is 0.119. The summed E-state index contributed by atoms with van der Waals surface area (Å²) in [6, 6.07) is 11.3. The van der Waals surface area contributed by atoms with Crippen LogP contribution in [0.1, 0.15) is 30.2 Å². The van der Waals surface area contributed by atoms with Crippen molar-refractivity contribution >= 4 is 5.91 Å². The third-order valence-electron chi connectivity index (χ3n) is 3.31. The summed E-state index contributed by atoms with van der Waals surface area (Å²) in [5, 5.41) is 12.6. The highest BCUT2D eigenvalue weighted by Gasteiger charge is 2.09. The van der Waals surface area contributed by atoms with Crippen LogP contribution in [0, 0.1) is 5.82 Å². The third kappa shape index (κ3) is 5.26. The molecule has 116 valence electrons. The fraction of sp³-hybridized carbons (Fsp3) is 0.294. The van der Waals surface area contributed by atoms with E-state index in [1.165, 1.54) is 24.3 Å². The highest BCUT2D eigenvalue weighted by atomic mass is 19.1. The largest absolute Gasteiger partial charge is 0.387 e. The minimum Gasteiger partial charge on any atom is -0.387 e. The number of pyridine rings is 1. The lowest BCUT2D eigenvalue weighted by molar-refractivity contribution is -0.121. The molecule has 1 unspecified atom stereocenters. The number of aromatic nitrogens is 1. The molecule has 1 heterocycles. The fourth-order valence-corrected chi connectivity index (χ4v) is 2.08. The normalized spacial score (nSPS) is 11.9. The summed E-state index contributed by atoms with van der Waals surface area (Å²) in [5.41, 5.74) is 1.54. The predicted molar refractivity (Wildman–Crippen MR) is 81.5 cm³/mol. The summed E-state index contributed by atoms with van der Waals surface area (Å²) in [5.74, 6) is -0.466. The standard InChI is InChI=1S/C17H19FN2O2/c18-14-9-7-13(8-10-14)16(21)12-20-17(22)6-3-5-15-4-1-2-11-19-15/h1-2,4,7-11,16,21H,3,5-6,12H2,(H,20,22). The second-order valence-electron chi connectivity index (χ2n) is 5.05. The van der Waals surface area contributed by atoms with E-state index in [0.29, 0.717) is 18.4 Å². The van der Waals surface area contributed by atoms with E-state index in [0.717, 1.165) is 12.1 Å². The zero-order chi connectivity index (χ0) is 15.8. The Morgan fingerprint density at radius 1 is 1.23 bits per heavy atom. The number of benzene rings is 1. The van der Waals surface area contributed by atoms with Gasteiger partial charge in [0, 0.05) is 24.9 Å². The molecule has 0 fully saturated rings. The first-order chi connectivity index (χ1) is 10.6. The van der Waals surface area contributed by atoms with Gasteiger partial charge in [0.2, 0.25) is 5.91 Å². The van der Waals surface area contributed by atoms with Crippen molar-refractivity contribution in [1.82, 2.24) is 10.3 Å². The van der Waals surface area contributed by atoms with Crippen molar-refractivity contribution in [2.24, 2.45) is 0 Å². The van der Waals surface area contributed by atoms with Crippen molar-refractivity contribution in [1.29, 1.82) is 0 Å². The van der Waals surface area contributed by atoms with E-state index in [4.69, 9.17) is 0 Å². The lowest BCUT2D eigenvalue weighted by Gasteiger charge is -2.12. The van der Waals surface area contributed by atoms with Crippen molar-refractivity contribution in [2.45, 2.75) is 25.4 Å². The molecule has 2 N–H and O–H groups in total. The zero-order valence-corrected chi connectivity index (χ0v) is 12.2. The predicted octanol–water partition coefficient (Wildman–Crippen LogP) is 2.39. The molecule has 0 saturated heterocycles. The molecule has 0 aliphatic heterocycles. The second-order valence-corrected chi connectivity index (χ2v) is 5.05. The molecule has 0 saturated carbocycles. The number of aliphatic hydroxyl groups excluding tert-OH is 1. The molecule has 1 amide bonds. The number of halogens is 1. The number of rotatable bonds is 7. The first kappa shape index (κ1) is 16.1. The Morgan fingerprint density at radius 2 is 2.00 bits per heavy atom. The van der Waals surface area contributed by atoms with Gasteiger partial charge in [0.05, 0.1) is 6.10 Å². The number of hydrogen-bond donors (Lipinski definition) is 2. The highest BCUT2D eigenvalue weighted by molar-refractivity contribution is 5.75. The lowest BCUT2D eigenvalue weighted by Crippen LogP contribution is -2.28. The van der Waals surface area contributed by atoms with E-state index < -0.39 is 6.10 Å². The van der Waals surface area contributed by atoms with Crippen LogP contribution in [0.3, 0.4) is 0 Å².